The summed E-state index contributed by atoms with van der Waals surface area (Å²) in [5.41, 5.74) is 9.97. The molecule has 228 valence electrons. The van der Waals surface area contributed by atoms with Gasteiger partial charge in [0.15, 0.2) is 19.7 Å². The first kappa shape index (κ1) is 31.0. The first-order chi connectivity index (χ1) is 20.3. The number of allylic oxidation sites excluding steroid dienone is 2. The van der Waals surface area contributed by atoms with Crippen molar-refractivity contribution in [2.75, 3.05) is 6.61 Å². The number of hydrogen-bond donors (Lipinski definition) is 0. The fraction of sp³-hybridized carbons (Fsp3) is 0.590. The van der Waals surface area contributed by atoms with Gasteiger partial charge in [0.25, 0.3) is 0 Å². The molecule has 4 heteroatoms. The highest BCUT2D eigenvalue weighted by Crippen LogP contribution is 2.60. The molecular weight excluding hydrogens is 522 g/mol. The van der Waals surface area contributed by atoms with E-state index in [1.54, 1.807) is 10.9 Å². The molecule has 2 nitrogen and oxygen atoms in total. The second kappa shape index (κ2) is 11.4. The zero-order valence-electron chi connectivity index (χ0n) is 28.3. The smallest absolute Gasteiger partial charge is 0.178 e. The summed E-state index contributed by atoms with van der Waals surface area (Å²) in [7, 11) is 0. The summed E-state index contributed by atoms with van der Waals surface area (Å²) in [6.45, 7) is 21.8. The highest BCUT2D eigenvalue weighted by Gasteiger charge is 2.54. The second-order valence-electron chi connectivity index (χ2n) is 16.8. The van der Waals surface area contributed by atoms with E-state index in [0.717, 1.165) is 25.9 Å². The fourth-order valence-electron chi connectivity index (χ4n) is 8.89. The minimum Gasteiger partial charge on any atom is -0.353 e. The Balaban J connectivity index is 1.61. The summed E-state index contributed by atoms with van der Waals surface area (Å²) in [5.74, 6) is 0. The second-order valence-corrected chi connectivity index (χ2v) is 16.8. The van der Waals surface area contributed by atoms with E-state index in [4.69, 9.17) is 9.47 Å². The average Bonchev–Trinajstić information content (AvgIpc) is 3.32. The lowest BCUT2D eigenvalue weighted by Crippen LogP contribution is -2.38. The molecule has 3 fully saturated rings. The van der Waals surface area contributed by atoms with E-state index >= 15 is 0 Å². The molecule has 0 spiro atoms. The normalized spacial score (nSPS) is 28.1. The highest BCUT2D eigenvalue weighted by molar-refractivity contribution is 6.75. The lowest BCUT2D eigenvalue weighted by molar-refractivity contribution is -0.178. The van der Waals surface area contributed by atoms with Crippen molar-refractivity contribution in [1.29, 1.82) is 0 Å². The van der Waals surface area contributed by atoms with Gasteiger partial charge in [-0.15, -0.1) is 0 Å². The molecule has 0 radical (unpaired) electrons. The molecule has 3 saturated heterocycles. The Hall–Kier alpha value is -2.03. The van der Waals surface area contributed by atoms with Crippen molar-refractivity contribution < 1.29 is 9.47 Å². The van der Waals surface area contributed by atoms with Crippen LogP contribution in [0.25, 0.3) is 11.1 Å². The molecule has 3 aliphatic heterocycles. The summed E-state index contributed by atoms with van der Waals surface area (Å²) in [6, 6.07) is 22.6. The molecule has 0 saturated carbocycles. The standard InChI is InChI=1S/C39H54B2O2/c1-36(2)24-40(25-37(36,3)4)34-30(28-17-11-9-12-18-28)23-31(43-32-21-15-16-22-42-32)35(33(34)29-19-13-10-14-20-29)41-26-38(5,6)39(7,8)27-41/h9-14,17-20,31-32H,15-16,21-27H2,1-8H3. The van der Waals surface area contributed by atoms with E-state index in [2.05, 4.69) is 116 Å². The molecule has 0 aromatic heterocycles. The number of hydrogen-bond acceptors (Lipinski definition) is 2. The van der Waals surface area contributed by atoms with Crippen molar-refractivity contribution in [2.45, 2.75) is 119 Å². The zero-order valence-corrected chi connectivity index (χ0v) is 28.3. The van der Waals surface area contributed by atoms with Crippen LogP contribution in [0.5, 0.6) is 0 Å². The summed E-state index contributed by atoms with van der Waals surface area (Å²) in [6.07, 6.45) is 8.99. The molecule has 0 amide bonds. The van der Waals surface area contributed by atoms with Crippen LogP contribution < -0.4 is 0 Å². The minimum absolute atomic E-state index is 0.0226. The Morgan fingerprint density at radius 2 is 1.16 bits per heavy atom. The van der Waals surface area contributed by atoms with E-state index in [9.17, 15) is 0 Å². The summed E-state index contributed by atoms with van der Waals surface area (Å²) in [4.78, 5) is 0. The Kier molecular flexibility index (Phi) is 8.21. The minimum atomic E-state index is -0.115. The number of ether oxygens (including phenoxy) is 2. The van der Waals surface area contributed by atoms with Crippen LogP contribution in [0, 0.1) is 21.7 Å². The molecule has 0 bridgehead atoms. The predicted octanol–water partition coefficient (Wildman–Crippen LogP) is 10.4. The molecule has 4 aliphatic rings. The molecule has 3 heterocycles. The average molecular weight is 576 g/mol. The Morgan fingerprint density at radius 1 is 0.651 bits per heavy atom. The molecule has 2 unspecified atom stereocenters. The SMILES string of the molecule is CC1(C)CB(C2=C(c3ccccc3)CC(OC3CCCCO3)C(B3CC(C)(C)C(C)(C)C3)=C2c2ccccc2)CC1(C)C. The summed E-state index contributed by atoms with van der Waals surface area (Å²) >= 11 is 0. The van der Waals surface area contributed by atoms with Crippen LogP contribution in [-0.4, -0.2) is 32.4 Å². The summed E-state index contributed by atoms with van der Waals surface area (Å²) < 4.78 is 13.5. The van der Waals surface area contributed by atoms with Crippen LogP contribution in [0.2, 0.25) is 25.3 Å². The van der Waals surface area contributed by atoms with E-state index in [1.165, 1.54) is 54.0 Å². The number of benzene rings is 2. The van der Waals surface area contributed by atoms with Crippen molar-refractivity contribution in [3.05, 3.63) is 82.7 Å². The summed E-state index contributed by atoms with van der Waals surface area (Å²) in [5, 5.41) is 0. The van der Waals surface area contributed by atoms with E-state index < -0.39 is 0 Å². The van der Waals surface area contributed by atoms with Crippen LogP contribution in [0.1, 0.15) is 92.2 Å². The maximum Gasteiger partial charge on any atom is 0.178 e. The monoisotopic (exact) mass is 576 g/mol. The van der Waals surface area contributed by atoms with Crippen LogP contribution in [0.3, 0.4) is 0 Å². The van der Waals surface area contributed by atoms with Gasteiger partial charge in [0, 0.05) is 13.0 Å². The van der Waals surface area contributed by atoms with Gasteiger partial charge in [0.1, 0.15) is 0 Å². The molecule has 2 aromatic rings. The van der Waals surface area contributed by atoms with Crippen molar-refractivity contribution in [1.82, 2.24) is 0 Å². The Morgan fingerprint density at radius 3 is 1.67 bits per heavy atom. The molecule has 6 rings (SSSR count). The molecule has 0 N–H and O–H groups in total. The van der Waals surface area contributed by atoms with E-state index in [-0.39, 0.29) is 34.1 Å². The lowest BCUT2D eigenvalue weighted by Gasteiger charge is -2.39. The Labute approximate surface area is 263 Å². The van der Waals surface area contributed by atoms with Gasteiger partial charge in [0.05, 0.1) is 6.10 Å². The van der Waals surface area contributed by atoms with Gasteiger partial charge in [-0.05, 0) is 63.2 Å². The quantitative estimate of drug-likeness (QED) is 0.319. The lowest BCUT2D eigenvalue weighted by atomic mass is 9.33. The topological polar surface area (TPSA) is 18.5 Å². The molecular formula is C39H54B2O2. The van der Waals surface area contributed by atoms with Gasteiger partial charge >= 0.3 is 0 Å². The van der Waals surface area contributed by atoms with Crippen LogP contribution >= 0.6 is 0 Å². The third kappa shape index (κ3) is 5.77. The Bertz CT molecular complexity index is 1330. The van der Waals surface area contributed by atoms with Crippen molar-refractivity contribution in [3.63, 3.8) is 0 Å². The third-order valence-corrected chi connectivity index (χ3v) is 12.8. The molecule has 1 aliphatic carbocycles. The maximum absolute atomic E-state index is 7.18. The molecule has 43 heavy (non-hydrogen) atoms. The van der Waals surface area contributed by atoms with Gasteiger partial charge in [-0.2, -0.15) is 0 Å². The predicted molar refractivity (Wildman–Crippen MR) is 186 cm³/mol. The first-order valence-corrected chi connectivity index (χ1v) is 17.2. The van der Waals surface area contributed by atoms with Crippen LogP contribution in [-0.2, 0) is 9.47 Å². The maximum atomic E-state index is 7.18. The van der Waals surface area contributed by atoms with Gasteiger partial charge in [0.2, 0.25) is 0 Å². The molecule has 2 atom stereocenters. The van der Waals surface area contributed by atoms with Gasteiger partial charge < -0.3 is 9.47 Å². The first-order valence-electron chi connectivity index (χ1n) is 17.2. The number of rotatable bonds is 6. The van der Waals surface area contributed by atoms with Gasteiger partial charge in [-0.3, -0.25) is 0 Å². The van der Waals surface area contributed by atoms with Crippen molar-refractivity contribution in [2.24, 2.45) is 21.7 Å². The van der Waals surface area contributed by atoms with Gasteiger partial charge in [-0.25, -0.2) is 0 Å². The third-order valence-electron chi connectivity index (χ3n) is 12.8. The van der Waals surface area contributed by atoms with Crippen molar-refractivity contribution in [3.8, 4) is 0 Å². The van der Waals surface area contributed by atoms with Gasteiger partial charge in [-0.1, -0.05) is 152 Å². The highest BCUT2D eigenvalue weighted by atomic mass is 16.7. The fourth-order valence-corrected chi connectivity index (χ4v) is 8.89. The van der Waals surface area contributed by atoms with E-state index in [0.29, 0.717) is 13.4 Å². The van der Waals surface area contributed by atoms with E-state index in [1.807, 2.05) is 0 Å². The van der Waals surface area contributed by atoms with Crippen LogP contribution in [0.15, 0.2) is 71.6 Å². The largest absolute Gasteiger partial charge is 0.353 e. The molecule has 2 aromatic carbocycles. The zero-order chi connectivity index (χ0) is 30.6. The van der Waals surface area contributed by atoms with Crippen molar-refractivity contribution >= 4 is 24.6 Å². The van der Waals surface area contributed by atoms with Crippen LogP contribution in [0.4, 0.5) is 0 Å².